The van der Waals surface area contributed by atoms with E-state index < -0.39 is 208 Å². The molecule has 0 aliphatic rings. The molecule has 0 radical (unpaired) electrons. The van der Waals surface area contributed by atoms with Crippen LogP contribution >= 0.6 is 0 Å². The van der Waals surface area contributed by atoms with Crippen molar-refractivity contribution in [3.63, 3.8) is 0 Å². The van der Waals surface area contributed by atoms with E-state index >= 15 is 0 Å². The van der Waals surface area contributed by atoms with Gasteiger partial charge in [-0.1, -0.05) is 30.9 Å². The molecule has 0 bridgehead atoms. The number of carbonyl (C=O) groups excluding carboxylic acids is 1. The lowest BCUT2D eigenvalue weighted by atomic mass is 9.86. The molecule has 3 aromatic rings. The molecule has 38 heteroatoms. The molecular formula is C48H34O38. The Labute approximate surface area is 469 Å². The molecule has 0 spiro atoms. The highest BCUT2D eigenvalue weighted by molar-refractivity contribution is 6.26. The van der Waals surface area contributed by atoms with Crippen LogP contribution in [0.15, 0.2) is 49.6 Å². The van der Waals surface area contributed by atoms with Crippen molar-refractivity contribution in [1.82, 2.24) is 0 Å². The summed E-state index contributed by atoms with van der Waals surface area (Å²) in [5.41, 5.74) is -29.2. The number of esters is 1. The van der Waals surface area contributed by atoms with Gasteiger partial charge in [0.05, 0.1) is 100 Å². The van der Waals surface area contributed by atoms with E-state index in [0.717, 1.165) is 0 Å². The standard InChI is InChI=1S/3C12H6O12.C12H16O2/c3*13-7(14)1-2(8(15)16)4(10(19)20)6(12(23)24)5(11(21)22)3(1)9(17)18;1-4-7-9-11(8-5-2)12(13)14-10-6-3/h3*(H,13,14)(H,15,16)(H,17,18)(H,19,20)(H,21,22)(H,23,24);4-6,9H,1-3,7-8,10H2. The number of hydrogen-bond donors (Lipinski definition) is 18. The number of ether oxygens (including phenoxy) is 1. The van der Waals surface area contributed by atoms with Crippen molar-refractivity contribution in [2.45, 2.75) is 12.8 Å². The molecule has 0 fully saturated rings. The van der Waals surface area contributed by atoms with Crippen LogP contribution in [0.4, 0.5) is 0 Å². The molecule has 0 saturated carbocycles. The first-order valence-electron chi connectivity index (χ1n) is 21.1. The lowest BCUT2D eigenvalue weighted by molar-refractivity contribution is -0.138. The predicted octanol–water partition coefficient (Wildman–Crippen LogP) is 2.42. The van der Waals surface area contributed by atoms with E-state index in [4.69, 9.17) is 96.7 Å². The topological polar surface area (TPSA) is 698 Å². The second-order valence-electron chi connectivity index (χ2n) is 14.9. The highest BCUT2D eigenvalue weighted by Crippen LogP contribution is 2.33. The summed E-state index contributed by atoms with van der Waals surface area (Å²) < 4.78 is 4.90. The van der Waals surface area contributed by atoms with Gasteiger partial charge in [0.25, 0.3) is 0 Å². The quantitative estimate of drug-likeness (QED) is 0.0329. The number of rotatable bonds is 25. The fourth-order valence-corrected chi connectivity index (χ4v) is 6.96. The van der Waals surface area contributed by atoms with Gasteiger partial charge in [-0.2, -0.15) is 0 Å². The third-order valence-corrected chi connectivity index (χ3v) is 9.84. The molecule has 0 heterocycles. The lowest BCUT2D eigenvalue weighted by Gasteiger charge is -2.15. The van der Waals surface area contributed by atoms with Gasteiger partial charge in [-0.3, -0.25) is 0 Å². The Morgan fingerprint density at radius 2 is 0.384 bits per heavy atom. The van der Waals surface area contributed by atoms with Crippen molar-refractivity contribution in [2.75, 3.05) is 6.61 Å². The zero-order valence-electron chi connectivity index (χ0n) is 41.8. The Kier molecular flexibility index (Phi) is 25.5. The molecule has 3 rings (SSSR count). The number of benzene rings is 3. The lowest BCUT2D eigenvalue weighted by Crippen LogP contribution is -2.27. The van der Waals surface area contributed by atoms with Crippen LogP contribution < -0.4 is 0 Å². The van der Waals surface area contributed by atoms with Gasteiger partial charge in [0.2, 0.25) is 0 Å². The highest BCUT2D eigenvalue weighted by Gasteiger charge is 2.43. The molecular weight excluding hydrogens is 1180 g/mol. The molecule has 0 atom stereocenters. The van der Waals surface area contributed by atoms with E-state index in [1.807, 2.05) is 0 Å². The average Bonchev–Trinajstić information content (AvgIpc) is 0.798. The maximum atomic E-state index is 11.4. The number of aromatic carboxylic acids is 18. The smallest absolute Gasteiger partial charge is 0.337 e. The summed E-state index contributed by atoms with van der Waals surface area (Å²) in [6.45, 7) is 10.9. The van der Waals surface area contributed by atoms with Gasteiger partial charge in [0.1, 0.15) is 6.61 Å². The maximum absolute atomic E-state index is 11.4. The molecule has 0 aromatic heterocycles. The van der Waals surface area contributed by atoms with Gasteiger partial charge in [0, 0.05) is 5.57 Å². The van der Waals surface area contributed by atoms with E-state index in [0.29, 0.717) is 18.4 Å². The molecule has 0 amide bonds. The zero-order valence-corrected chi connectivity index (χ0v) is 41.8. The van der Waals surface area contributed by atoms with Crippen LogP contribution in [0.25, 0.3) is 0 Å². The van der Waals surface area contributed by atoms with Gasteiger partial charge in [-0.15, -0.1) is 13.2 Å². The SMILES string of the molecule is C=CCC=C(CC=C)C(=O)OCC=C.O=C(O)c1c(C(=O)O)c(C(=O)O)c(C(=O)O)c(C(=O)O)c1C(=O)O.O=C(O)c1c(C(=O)O)c(C(=O)O)c(C(=O)O)c(C(=O)O)c1C(=O)O.O=C(O)c1c(C(=O)O)c(C(=O)O)c(C(=O)O)c(C(=O)O)c1C(=O)O. The monoisotopic (exact) mass is 1220 g/mol. The highest BCUT2D eigenvalue weighted by atomic mass is 16.5. The summed E-state index contributed by atoms with van der Waals surface area (Å²) in [5, 5.41) is 162. The minimum Gasteiger partial charge on any atom is -0.478 e. The minimum atomic E-state index is -2.26. The first kappa shape index (κ1) is 72.5. The molecule has 86 heavy (non-hydrogen) atoms. The molecule has 38 nitrogen and oxygen atoms in total. The van der Waals surface area contributed by atoms with Crippen molar-refractivity contribution in [1.29, 1.82) is 0 Å². The van der Waals surface area contributed by atoms with Crippen molar-refractivity contribution < 1.29 is 188 Å². The summed E-state index contributed by atoms with van der Waals surface area (Å²) in [5.74, 6) is -41.0. The van der Waals surface area contributed by atoms with Crippen LogP contribution in [0, 0.1) is 0 Å². The van der Waals surface area contributed by atoms with Gasteiger partial charge >= 0.3 is 113 Å². The summed E-state index contributed by atoms with van der Waals surface area (Å²) >= 11 is 0. The second-order valence-corrected chi connectivity index (χ2v) is 14.9. The minimum absolute atomic E-state index is 0.238. The summed E-state index contributed by atoms with van der Waals surface area (Å²) in [6.07, 6.45) is 7.90. The molecule has 18 N–H and O–H groups in total. The van der Waals surface area contributed by atoms with E-state index in [1.165, 1.54) is 6.08 Å². The number of carboxylic acids is 18. The summed E-state index contributed by atoms with van der Waals surface area (Å²) in [7, 11) is 0. The fourth-order valence-electron chi connectivity index (χ4n) is 6.96. The number of hydrogen-bond acceptors (Lipinski definition) is 20. The number of carboxylic acid groups (broad SMARTS) is 18. The first-order valence-corrected chi connectivity index (χ1v) is 21.1. The molecule has 3 aromatic carbocycles. The Morgan fingerprint density at radius 1 is 0.244 bits per heavy atom. The summed E-state index contributed by atoms with van der Waals surface area (Å²) in [4.78, 5) is 213. The van der Waals surface area contributed by atoms with E-state index in [9.17, 15) is 91.1 Å². The van der Waals surface area contributed by atoms with Crippen LogP contribution in [0.3, 0.4) is 0 Å². The normalized spacial score (nSPS) is 10.1. The molecule has 0 aliphatic carbocycles. The van der Waals surface area contributed by atoms with Gasteiger partial charge in [-0.25, -0.2) is 91.1 Å². The molecule has 0 saturated heterocycles. The maximum Gasteiger partial charge on any atom is 0.337 e. The average molecular weight is 1220 g/mol. The fraction of sp³-hybridized carbons (Fsp3) is 0.0625. The van der Waals surface area contributed by atoms with E-state index in [1.54, 1.807) is 18.2 Å². The first-order chi connectivity index (χ1) is 39.5. The van der Waals surface area contributed by atoms with Gasteiger partial charge in [-0.05, 0) is 12.8 Å². The van der Waals surface area contributed by atoms with Crippen LogP contribution in [-0.4, -0.2) is 212 Å². The molecule has 0 unspecified atom stereocenters. The van der Waals surface area contributed by atoms with Crippen molar-refractivity contribution in [3.8, 4) is 0 Å². The second kappa shape index (κ2) is 30.2. The molecule has 454 valence electrons. The van der Waals surface area contributed by atoms with Crippen LogP contribution in [0.1, 0.15) is 199 Å². The third kappa shape index (κ3) is 16.1. The number of allylic oxidation sites excluding steroid dienone is 3. The Balaban J connectivity index is 0.00000114. The Hall–Kier alpha value is -13.5. The third-order valence-electron chi connectivity index (χ3n) is 9.84. The van der Waals surface area contributed by atoms with Crippen molar-refractivity contribution >= 4 is 113 Å². The summed E-state index contributed by atoms with van der Waals surface area (Å²) in [6, 6.07) is 0. The van der Waals surface area contributed by atoms with E-state index in [-0.39, 0.29) is 12.6 Å². The van der Waals surface area contributed by atoms with Crippen molar-refractivity contribution in [3.05, 3.63) is 150 Å². The van der Waals surface area contributed by atoms with E-state index in [2.05, 4.69) is 19.7 Å². The number of carbonyl (C=O) groups is 19. The van der Waals surface area contributed by atoms with Crippen molar-refractivity contribution in [2.24, 2.45) is 0 Å². The molecule has 0 aliphatic heterocycles. The van der Waals surface area contributed by atoms with Gasteiger partial charge in [0.15, 0.2) is 0 Å². The largest absolute Gasteiger partial charge is 0.478 e. The van der Waals surface area contributed by atoms with Crippen LogP contribution in [0.2, 0.25) is 0 Å². The Morgan fingerprint density at radius 3 is 0.477 bits per heavy atom. The van der Waals surface area contributed by atoms with Crippen LogP contribution in [0.5, 0.6) is 0 Å². The Bertz CT molecular complexity index is 2730. The van der Waals surface area contributed by atoms with Gasteiger partial charge < -0.3 is 96.7 Å². The predicted molar refractivity (Wildman–Crippen MR) is 263 cm³/mol. The zero-order chi connectivity index (χ0) is 67.6. The van der Waals surface area contributed by atoms with Crippen LogP contribution in [-0.2, 0) is 9.53 Å².